The molecule has 0 aliphatic heterocycles. The fourth-order valence-corrected chi connectivity index (χ4v) is 3.27. The molecule has 0 heterocycles. The molecule has 1 N–H and O–H groups in total. The molecule has 0 saturated carbocycles. The Labute approximate surface area is 88.4 Å². The molecule has 7 heteroatoms. The Morgan fingerprint density at radius 3 is 2.00 bits per heavy atom. The first-order valence-corrected chi connectivity index (χ1v) is 7.24. The van der Waals surface area contributed by atoms with Gasteiger partial charge in [-0.1, -0.05) is 6.07 Å². The van der Waals surface area contributed by atoms with Crippen LogP contribution in [0.5, 0.6) is 0 Å². The van der Waals surface area contributed by atoms with E-state index in [-0.39, 0.29) is 4.90 Å². The number of aryl methyl sites for hydroxylation is 1. The van der Waals surface area contributed by atoms with Crippen LogP contribution in [0.4, 0.5) is 0 Å². The highest BCUT2D eigenvalue weighted by molar-refractivity contribution is 7.92. The van der Waals surface area contributed by atoms with Crippen molar-refractivity contribution in [3.8, 4) is 0 Å². The Hall–Kier alpha value is -0.920. The third-order valence-corrected chi connectivity index (χ3v) is 3.95. The van der Waals surface area contributed by atoms with Gasteiger partial charge in [0.05, 0.1) is 4.90 Å². The average Bonchev–Trinajstić information content (AvgIpc) is 2.00. The van der Waals surface area contributed by atoms with Crippen LogP contribution in [0, 0.1) is 6.92 Å². The molecule has 84 valence electrons. The molecule has 0 bridgehead atoms. The highest BCUT2D eigenvalue weighted by Gasteiger charge is 2.21. The summed E-state index contributed by atoms with van der Waals surface area (Å²) >= 11 is 0. The minimum atomic E-state index is -4.51. The van der Waals surface area contributed by atoms with E-state index in [1.807, 2.05) is 0 Å². The summed E-state index contributed by atoms with van der Waals surface area (Å²) in [4.78, 5) is -0.972. The molecule has 0 atom stereocenters. The summed E-state index contributed by atoms with van der Waals surface area (Å²) in [6.45, 7) is 1.63. The molecule has 0 aromatic heterocycles. The average molecular weight is 250 g/mol. The smallest absolute Gasteiger partial charge is 0.282 e. The second-order valence-corrected chi connectivity index (χ2v) is 6.57. The van der Waals surface area contributed by atoms with Crippen molar-refractivity contribution in [3.05, 3.63) is 23.8 Å². The van der Waals surface area contributed by atoms with Gasteiger partial charge in [0.1, 0.15) is 4.90 Å². The lowest BCUT2D eigenvalue weighted by atomic mass is 10.2. The van der Waals surface area contributed by atoms with Gasteiger partial charge in [-0.25, -0.2) is 8.42 Å². The molecule has 15 heavy (non-hydrogen) atoms. The predicted octanol–water partition coefficient (Wildman–Crippen LogP) is 0.645. The largest absolute Gasteiger partial charge is 0.295 e. The normalized spacial score (nSPS) is 12.7. The molecule has 0 aliphatic carbocycles. The van der Waals surface area contributed by atoms with Crippen molar-refractivity contribution >= 4 is 20.0 Å². The minimum absolute atomic E-state index is 0.384. The summed E-state index contributed by atoms with van der Waals surface area (Å²) < 4.78 is 53.2. The maximum absolute atomic E-state index is 11.3. The number of sulfone groups is 1. The number of hydrogen-bond acceptors (Lipinski definition) is 4. The molecule has 1 rings (SSSR count). The molecule has 1 aromatic rings. The molecular formula is C8H10O5S2. The van der Waals surface area contributed by atoms with Gasteiger partial charge >= 0.3 is 0 Å². The Bertz CT molecular complexity index is 583. The van der Waals surface area contributed by atoms with Gasteiger partial charge in [0.25, 0.3) is 10.1 Å². The third-order valence-electron chi connectivity index (χ3n) is 1.78. The lowest BCUT2D eigenvalue weighted by Crippen LogP contribution is -2.08. The van der Waals surface area contributed by atoms with Gasteiger partial charge in [0.15, 0.2) is 9.84 Å². The van der Waals surface area contributed by atoms with Crippen LogP contribution in [0.15, 0.2) is 28.0 Å². The van der Waals surface area contributed by atoms with Crippen LogP contribution in [0.3, 0.4) is 0 Å². The van der Waals surface area contributed by atoms with Crippen LogP contribution >= 0.6 is 0 Å². The molecule has 0 radical (unpaired) electrons. The molecular weight excluding hydrogens is 240 g/mol. The second kappa shape index (κ2) is 3.58. The van der Waals surface area contributed by atoms with Gasteiger partial charge in [0, 0.05) is 6.26 Å². The van der Waals surface area contributed by atoms with Crippen molar-refractivity contribution in [1.29, 1.82) is 0 Å². The molecule has 5 nitrogen and oxygen atoms in total. The first kappa shape index (κ1) is 12.2. The summed E-state index contributed by atoms with van der Waals surface area (Å²) in [5, 5.41) is 0. The molecule has 0 fully saturated rings. The molecule has 1 aromatic carbocycles. The zero-order valence-corrected chi connectivity index (χ0v) is 9.76. The molecule has 0 spiro atoms. The first-order chi connectivity index (χ1) is 6.62. The minimum Gasteiger partial charge on any atom is -0.282 e. The fourth-order valence-electron chi connectivity index (χ4n) is 1.12. The van der Waals surface area contributed by atoms with E-state index in [2.05, 4.69) is 0 Å². The summed E-state index contributed by atoms with van der Waals surface area (Å²) in [6, 6.07) is 3.69. The number of benzene rings is 1. The maximum Gasteiger partial charge on any atom is 0.295 e. The molecule has 0 saturated heterocycles. The Kier molecular flexibility index (Phi) is 2.90. The lowest BCUT2D eigenvalue weighted by molar-refractivity contribution is 0.480. The summed E-state index contributed by atoms with van der Waals surface area (Å²) in [5.74, 6) is 0. The van der Waals surface area contributed by atoms with Crippen LogP contribution in [0.25, 0.3) is 0 Å². The van der Waals surface area contributed by atoms with E-state index >= 15 is 0 Å². The quantitative estimate of drug-likeness (QED) is 0.778. The van der Waals surface area contributed by atoms with Crippen molar-refractivity contribution in [1.82, 2.24) is 0 Å². The number of hydrogen-bond donors (Lipinski definition) is 1. The summed E-state index contributed by atoms with van der Waals surface area (Å²) in [6.07, 6.45) is 0.885. The molecule has 0 unspecified atom stereocenters. The summed E-state index contributed by atoms with van der Waals surface area (Å²) in [5.41, 5.74) is 0.600. The second-order valence-electron chi connectivity index (χ2n) is 3.20. The molecule has 0 aliphatic rings. The monoisotopic (exact) mass is 250 g/mol. The topological polar surface area (TPSA) is 88.5 Å². The third kappa shape index (κ3) is 2.77. The van der Waals surface area contributed by atoms with Gasteiger partial charge in [-0.05, 0) is 24.6 Å². The van der Waals surface area contributed by atoms with Crippen molar-refractivity contribution in [2.75, 3.05) is 6.26 Å². The standard InChI is InChI=1S/C8H10O5S2/c1-6-3-4-7(15(11,12)13)8(5-6)14(2,9)10/h3-5H,1-2H3,(H,11,12,13). The summed E-state index contributed by atoms with van der Waals surface area (Å²) in [7, 11) is -8.19. The van der Waals surface area contributed by atoms with Crippen molar-refractivity contribution in [2.24, 2.45) is 0 Å². The maximum atomic E-state index is 11.3. The predicted molar refractivity (Wildman–Crippen MR) is 54.1 cm³/mol. The first-order valence-electron chi connectivity index (χ1n) is 3.90. The van der Waals surface area contributed by atoms with Crippen molar-refractivity contribution in [2.45, 2.75) is 16.7 Å². The van der Waals surface area contributed by atoms with E-state index in [4.69, 9.17) is 4.55 Å². The zero-order chi connectivity index (χ0) is 11.9. The fraction of sp³-hybridized carbons (Fsp3) is 0.250. The van der Waals surface area contributed by atoms with E-state index in [1.54, 1.807) is 6.92 Å². The van der Waals surface area contributed by atoms with Crippen LogP contribution in [-0.2, 0) is 20.0 Å². The van der Waals surface area contributed by atoms with Crippen LogP contribution < -0.4 is 0 Å². The van der Waals surface area contributed by atoms with Gasteiger partial charge in [0.2, 0.25) is 0 Å². The van der Waals surface area contributed by atoms with Gasteiger partial charge < -0.3 is 0 Å². The van der Waals surface area contributed by atoms with E-state index in [1.165, 1.54) is 12.1 Å². The van der Waals surface area contributed by atoms with E-state index in [0.29, 0.717) is 5.56 Å². The highest BCUT2D eigenvalue weighted by Crippen LogP contribution is 2.21. The van der Waals surface area contributed by atoms with Crippen molar-refractivity contribution in [3.63, 3.8) is 0 Å². The highest BCUT2D eigenvalue weighted by atomic mass is 32.2. The van der Waals surface area contributed by atoms with E-state index in [9.17, 15) is 16.8 Å². The van der Waals surface area contributed by atoms with Gasteiger partial charge in [-0.3, -0.25) is 4.55 Å². The Balaban J connectivity index is 3.71. The van der Waals surface area contributed by atoms with E-state index in [0.717, 1.165) is 12.3 Å². The van der Waals surface area contributed by atoms with E-state index < -0.39 is 24.9 Å². The van der Waals surface area contributed by atoms with Gasteiger partial charge in [-0.2, -0.15) is 8.42 Å². The van der Waals surface area contributed by atoms with Crippen LogP contribution in [-0.4, -0.2) is 27.6 Å². The van der Waals surface area contributed by atoms with Crippen LogP contribution in [0.1, 0.15) is 5.56 Å². The van der Waals surface area contributed by atoms with Crippen molar-refractivity contribution < 1.29 is 21.4 Å². The number of rotatable bonds is 2. The zero-order valence-electron chi connectivity index (χ0n) is 8.13. The Morgan fingerprint density at radius 1 is 1.07 bits per heavy atom. The van der Waals surface area contributed by atoms with Gasteiger partial charge in [-0.15, -0.1) is 0 Å². The van der Waals surface area contributed by atoms with Crippen LogP contribution in [0.2, 0.25) is 0 Å². The SMILES string of the molecule is Cc1ccc(S(=O)(=O)O)c(S(C)(=O)=O)c1. The lowest BCUT2D eigenvalue weighted by Gasteiger charge is -2.05. The molecule has 0 amide bonds. The Morgan fingerprint density at radius 2 is 1.60 bits per heavy atom.